The summed E-state index contributed by atoms with van der Waals surface area (Å²) >= 11 is 12.1. The van der Waals surface area contributed by atoms with Crippen LogP contribution in [0.5, 0.6) is 0 Å². The molecule has 1 atom stereocenters. The maximum atomic E-state index is 12.7. The smallest absolute Gasteiger partial charge is 0.244 e. The summed E-state index contributed by atoms with van der Waals surface area (Å²) in [5, 5.41) is 3.33. The van der Waals surface area contributed by atoms with Crippen LogP contribution in [-0.4, -0.2) is 18.4 Å². The summed E-state index contributed by atoms with van der Waals surface area (Å²) in [7, 11) is 0. The van der Waals surface area contributed by atoms with Crippen molar-refractivity contribution in [1.82, 2.24) is 0 Å². The van der Waals surface area contributed by atoms with E-state index in [1.54, 1.807) is 23.1 Å². The van der Waals surface area contributed by atoms with Gasteiger partial charge in [0.25, 0.3) is 0 Å². The van der Waals surface area contributed by atoms with Gasteiger partial charge in [0, 0.05) is 12.2 Å². The van der Waals surface area contributed by atoms with E-state index in [0.29, 0.717) is 22.8 Å². The maximum Gasteiger partial charge on any atom is 0.244 e. The lowest BCUT2D eigenvalue weighted by Gasteiger charge is -2.17. The lowest BCUT2D eigenvalue weighted by Crippen LogP contribution is -2.34. The molecular weight excluding hydrogens is 347 g/mol. The topological polar surface area (TPSA) is 49.4 Å². The van der Waals surface area contributed by atoms with Crippen LogP contribution in [-0.2, 0) is 9.59 Å². The van der Waals surface area contributed by atoms with Crippen LogP contribution in [0.4, 0.5) is 11.4 Å². The monoisotopic (exact) mass is 362 g/mol. The summed E-state index contributed by atoms with van der Waals surface area (Å²) in [5.41, 5.74) is 1.90. The highest BCUT2D eigenvalue weighted by molar-refractivity contribution is 6.44. The molecule has 1 aliphatic heterocycles. The van der Waals surface area contributed by atoms with Crippen molar-refractivity contribution < 1.29 is 9.59 Å². The molecule has 1 aliphatic rings. The van der Waals surface area contributed by atoms with Gasteiger partial charge in [0.15, 0.2) is 0 Å². The van der Waals surface area contributed by atoms with Crippen LogP contribution in [0, 0.1) is 0 Å². The highest BCUT2D eigenvalue weighted by Crippen LogP contribution is 2.38. The predicted molar refractivity (Wildman–Crippen MR) is 96.9 cm³/mol. The van der Waals surface area contributed by atoms with Crippen LogP contribution in [0.15, 0.2) is 42.5 Å². The van der Waals surface area contributed by atoms with Gasteiger partial charge in [0.2, 0.25) is 11.8 Å². The third-order valence-electron chi connectivity index (χ3n) is 3.97. The molecule has 3 rings (SSSR count). The van der Waals surface area contributed by atoms with Gasteiger partial charge < -0.3 is 10.2 Å². The van der Waals surface area contributed by atoms with E-state index in [4.69, 9.17) is 23.2 Å². The fraction of sp³-hybridized carbons (Fsp3) is 0.222. The van der Waals surface area contributed by atoms with Crippen molar-refractivity contribution in [3.05, 3.63) is 58.1 Å². The number of rotatable bonds is 4. The Kier molecular flexibility index (Phi) is 4.78. The van der Waals surface area contributed by atoms with Crippen LogP contribution in [0.2, 0.25) is 10.0 Å². The average molecular weight is 363 g/mol. The van der Waals surface area contributed by atoms with Gasteiger partial charge in [-0.2, -0.15) is 0 Å². The summed E-state index contributed by atoms with van der Waals surface area (Å²) in [6.45, 7) is 2.58. The summed E-state index contributed by atoms with van der Waals surface area (Å²) in [6, 6.07) is 12.4. The Morgan fingerprint density at radius 2 is 1.92 bits per heavy atom. The van der Waals surface area contributed by atoms with Crippen molar-refractivity contribution in [3.8, 4) is 0 Å². The number of fused-ring (bicyclic) bond motifs is 1. The van der Waals surface area contributed by atoms with Crippen molar-refractivity contribution >= 4 is 46.4 Å². The average Bonchev–Trinajstić information content (AvgIpc) is 2.85. The number of hydrogen-bond acceptors (Lipinski definition) is 2. The van der Waals surface area contributed by atoms with Gasteiger partial charge in [-0.05, 0) is 30.2 Å². The van der Waals surface area contributed by atoms with Crippen LogP contribution in [0.3, 0.4) is 0 Å². The molecule has 2 aromatic carbocycles. The third kappa shape index (κ3) is 2.87. The first-order valence-electron chi connectivity index (χ1n) is 7.69. The van der Waals surface area contributed by atoms with E-state index in [0.717, 1.165) is 12.1 Å². The number of benzene rings is 2. The van der Waals surface area contributed by atoms with E-state index in [1.807, 2.05) is 31.2 Å². The van der Waals surface area contributed by atoms with E-state index in [1.165, 1.54) is 0 Å². The zero-order chi connectivity index (χ0) is 17.3. The molecule has 2 amide bonds. The van der Waals surface area contributed by atoms with Gasteiger partial charge in [-0.1, -0.05) is 54.4 Å². The number of para-hydroxylation sites is 1. The summed E-state index contributed by atoms with van der Waals surface area (Å²) in [6.07, 6.45) is 0.814. The molecule has 0 saturated carbocycles. The molecule has 0 saturated heterocycles. The normalized spacial score (nSPS) is 16.2. The second-order valence-corrected chi connectivity index (χ2v) is 6.36. The molecule has 4 nitrogen and oxygen atoms in total. The minimum absolute atomic E-state index is 0.214. The number of halogens is 2. The van der Waals surface area contributed by atoms with E-state index in [2.05, 4.69) is 5.32 Å². The standard InChI is InChI=1S/C18H16Cl2N2O2/c1-2-10-22-14-9-4-3-6-11(14)15(18(22)24)17(23)21-13-8-5-7-12(19)16(13)20/h3-9,15H,2,10H2,1H3,(H,21,23). The van der Waals surface area contributed by atoms with E-state index < -0.39 is 11.8 Å². The van der Waals surface area contributed by atoms with Crippen LogP contribution in [0.25, 0.3) is 0 Å². The Morgan fingerprint density at radius 3 is 2.67 bits per heavy atom. The van der Waals surface area contributed by atoms with Crippen molar-refractivity contribution in [3.63, 3.8) is 0 Å². The summed E-state index contributed by atoms with van der Waals surface area (Å²) in [5.74, 6) is -1.49. The van der Waals surface area contributed by atoms with Crippen molar-refractivity contribution in [2.24, 2.45) is 0 Å². The molecule has 2 aromatic rings. The maximum absolute atomic E-state index is 12.7. The Hall–Kier alpha value is -2.04. The Morgan fingerprint density at radius 1 is 1.17 bits per heavy atom. The van der Waals surface area contributed by atoms with Gasteiger partial charge in [-0.25, -0.2) is 0 Å². The molecule has 0 radical (unpaired) electrons. The number of anilines is 2. The lowest BCUT2D eigenvalue weighted by molar-refractivity contribution is -0.126. The van der Waals surface area contributed by atoms with Crippen LogP contribution >= 0.6 is 23.2 Å². The molecule has 0 aromatic heterocycles. The zero-order valence-corrected chi connectivity index (χ0v) is 14.6. The summed E-state index contributed by atoms with van der Waals surface area (Å²) in [4.78, 5) is 27.1. The number of nitrogens with zero attached hydrogens (tertiary/aromatic N) is 1. The second-order valence-electron chi connectivity index (χ2n) is 5.57. The van der Waals surface area contributed by atoms with E-state index >= 15 is 0 Å². The van der Waals surface area contributed by atoms with E-state index in [9.17, 15) is 9.59 Å². The molecular formula is C18H16Cl2N2O2. The largest absolute Gasteiger partial charge is 0.324 e. The zero-order valence-electron chi connectivity index (χ0n) is 13.1. The van der Waals surface area contributed by atoms with Gasteiger partial charge in [0.05, 0.1) is 15.7 Å². The minimum atomic E-state index is -0.872. The van der Waals surface area contributed by atoms with Crippen molar-refractivity contribution in [1.29, 1.82) is 0 Å². The summed E-state index contributed by atoms with van der Waals surface area (Å²) < 4.78 is 0. The molecule has 1 heterocycles. The fourth-order valence-electron chi connectivity index (χ4n) is 2.90. The van der Waals surface area contributed by atoms with Gasteiger partial charge in [-0.3, -0.25) is 9.59 Å². The molecule has 1 N–H and O–H groups in total. The predicted octanol–water partition coefficient (Wildman–Crippen LogP) is 4.47. The van der Waals surface area contributed by atoms with Gasteiger partial charge >= 0.3 is 0 Å². The molecule has 24 heavy (non-hydrogen) atoms. The highest BCUT2D eigenvalue weighted by Gasteiger charge is 2.41. The fourth-order valence-corrected chi connectivity index (χ4v) is 3.25. The number of carbonyl (C=O) groups is 2. The molecule has 6 heteroatoms. The lowest BCUT2D eigenvalue weighted by atomic mass is 10.00. The number of carbonyl (C=O) groups excluding carboxylic acids is 2. The molecule has 124 valence electrons. The van der Waals surface area contributed by atoms with Crippen molar-refractivity contribution in [2.45, 2.75) is 19.3 Å². The molecule has 0 aliphatic carbocycles. The SMILES string of the molecule is CCCN1C(=O)C(C(=O)Nc2cccc(Cl)c2Cl)c2ccccc21. The molecule has 0 spiro atoms. The Bertz CT molecular complexity index is 807. The van der Waals surface area contributed by atoms with Gasteiger partial charge in [-0.15, -0.1) is 0 Å². The molecule has 0 fully saturated rings. The number of nitrogens with one attached hydrogen (secondary N) is 1. The van der Waals surface area contributed by atoms with Crippen LogP contribution < -0.4 is 10.2 Å². The Balaban J connectivity index is 1.92. The first-order chi connectivity index (χ1) is 11.5. The van der Waals surface area contributed by atoms with Crippen molar-refractivity contribution in [2.75, 3.05) is 16.8 Å². The first kappa shape index (κ1) is 16.8. The molecule has 1 unspecified atom stereocenters. The minimum Gasteiger partial charge on any atom is -0.324 e. The third-order valence-corrected chi connectivity index (χ3v) is 4.79. The highest BCUT2D eigenvalue weighted by atomic mass is 35.5. The number of hydrogen-bond donors (Lipinski definition) is 1. The number of amides is 2. The van der Waals surface area contributed by atoms with Crippen LogP contribution in [0.1, 0.15) is 24.8 Å². The quantitative estimate of drug-likeness (QED) is 0.815. The van der Waals surface area contributed by atoms with Gasteiger partial charge in [0.1, 0.15) is 5.92 Å². The Labute approximate surface area is 150 Å². The second kappa shape index (κ2) is 6.83. The van der Waals surface area contributed by atoms with E-state index in [-0.39, 0.29) is 10.9 Å². The first-order valence-corrected chi connectivity index (χ1v) is 8.45. The molecule has 0 bridgehead atoms.